The smallest absolute Gasteiger partial charge is 0.235 e. The summed E-state index contributed by atoms with van der Waals surface area (Å²) < 4.78 is 32.5. The Hall–Kier alpha value is -4.65. The summed E-state index contributed by atoms with van der Waals surface area (Å²) in [6.45, 7) is 23.2. The summed E-state index contributed by atoms with van der Waals surface area (Å²) in [6.07, 6.45) is 26.1. The maximum Gasteiger partial charge on any atom is 0.235 e. The van der Waals surface area contributed by atoms with E-state index < -0.39 is 0 Å². The average Bonchev–Trinajstić information content (AvgIpc) is 3.17. The minimum atomic E-state index is -0.288. The number of unbranched alkanes of at least 4 members (excludes halogenated alkanes) is 13. The second kappa shape index (κ2) is 25.3. The van der Waals surface area contributed by atoms with Crippen LogP contribution >= 0.6 is 0 Å². The van der Waals surface area contributed by atoms with Crippen LogP contribution in [-0.4, -0.2) is 37.6 Å². The minimum absolute atomic E-state index is 0.149. The van der Waals surface area contributed by atoms with Crippen molar-refractivity contribution >= 4 is 10.9 Å². The predicted octanol–water partition coefficient (Wildman–Crippen LogP) is 12.0. The van der Waals surface area contributed by atoms with E-state index in [0.29, 0.717) is 59.4 Å². The zero-order chi connectivity index (χ0) is 38.1. The molecular weight excluding hydrogens is 663 g/mol. The molecule has 0 N–H and O–H groups in total. The molecular formula is C46H63NO6. The van der Waals surface area contributed by atoms with E-state index in [1.54, 1.807) is 36.4 Å². The lowest BCUT2D eigenvalue weighted by molar-refractivity contribution is 0.308. The third-order valence-corrected chi connectivity index (χ3v) is 9.00. The maximum atomic E-state index is 14.5. The number of nitrogens with zero attached hydrogens (tertiary/aromatic N) is 1. The first-order valence-electron chi connectivity index (χ1n) is 19.6. The molecule has 0 amide bonds. The van der Waals surface area contributed by atoms with E-state index in [2.05, 4.69) is 44.4 Å². The Bertz CT molecular complexity index is 1650. The number of benzene rings is 2. The second-order valence-electron chi connectivity index (χ2n) is 13.2. The summed E-state index contributed by atoms with van der Waals surface area (Å²) in [5.74, 6) is 2.26. The van der Waals surface area contributed by atoms with Crippen LogP contribution in [0.5, 0.6) is 28.7 Å². The van der Waals surface area contributed by atoms with Gasteiger partial charge in [-0.2, -0.15) is 0 Å². The lowest BCUT2D eigenvalue weighted by Gasteiger charge is -2.23. The van der Waals surface area contributed by atoms with Crippen molar-refractivity contribution in [1.82, 2.24) is 4.57 Å². The van der Waals surface area contributed by atoms with Gasteiger partial charge in [-0.1, -0.05) is 154 Å². The third kappa shape index (κ3) is 13.7. The molecule has 0 aliphatic carbocycles. The zero-order valence-electron chi connectivity index (χ0n) is 32.3. The molecule has 0 saturated carbocycles. The van der Waals surface area contributed by atoms with Gasteiger partial charge in [-0.3, -0.25) is 4.79 Å². The van der Waals surface area contributed by atoms with Crippen LogP contribution in [0.4, 0.5) is 0 Å². The van der Waals surface area contributed by atoms with Crippen molar-refractivity contribution in [2.45, 2.75) is 103 Å². The predicted molar refractivity (Wildman–Crippen MR) is 222 cm³/mol. The van der Waals surface area contributed by atoms with Gasteiger partial charge in [0.25, 0.3) is 0 Å². The molecule has 1 aromatic heterocycles. The molecule has 0 radical (unpaired) electrons. The van der Waals surface area contributed by atoms with Crippen molar-refractivity contribution in [3.63, 3.8) is 0 Å². The molecule has 0 aliphatic heterocycles. The molecule has 7 nitrogen and oxygen atoms in total. The highest BCUT2D eigenvalue weighted by atomic mass is 16.5. The number of hydrogen-bond donors (Lipinski definition) is 0. The van der Waals surface area contributed by atoms with Gasteiger partial charge in [0, 0.05) is 24.2 Å². The van der Waals surface area contributed by atoms with Gasteiger partial charge in [-0.25, -0.2) is 0 Å². The first-order valence-corrected chi connectivity index (χ1v) is 19.6. The lowest BCUT2D eigenvalue weighted by Crippen LogP contribution is -2.18. The number of hydrogen-bond acceptors (Lipinski definition) is 6. The molecule has 7 heteroatoms. The van der Waals surface area contributed by atoms with Crippen LogP contribution in [0.25, 0.3) is 22.2 Å². The Kier molecular flexibility index (Phi) is 20.4. The molecule has 1 heterocycles. The number of ether oxygens (including phenoxy) is 5. The van der Waals surface area contributed by atoms with Gasteiger partial charge in [-0.15, -0.1) is 0 Å². The number of pyridine rings is 1. The highest BCUT2D eigenvalue weighted by molar-refractivity contribution is 5.92. The van der Waals surface area contributed by atoms with E-state index >= 15 is 0 Å². The monoisotopic (exact) mass is 725 g/mol. The van der Waals surface area contributed by atoms with Gasteiger partial charge in [0.2, 0.25) is 5.43 Å². The maximum absolute atomic E-state index is 14.5. The molecule has 0 atom stereocenters. The molecule has 0 unspecified atom stereocenters. The van der Waals surface area contributed by atoms with Crippen LogP contribution < -0.4 is 29.1 Å². The molecule has 0 bridgehead atoms. The number of aryl methyl sites for hydroxylation is 1. The van der Waals surface area contributed by atoms with E-state index in [1.807, 2.05) is 24.3 Å². The summed E-state index contributed by atoms with van der Waals surface area (Å²) in [7, 11) is 0. The summed E-state index contributed by atoms with van der Waals surface area (Å²) in [6, 6.07) is 9.32. The highest BCUT2D eigenvalue weighted by Gasteiger charge is 2.24. The van der Waals surface area contributed by atoms with E-state index in [4.69, 9.17) is 23.7 Å². The molecule has 3 rings (SSSR count). The number of fused-ring (bicyclic) bond motifs is 1. The van der Waals surface area contributed by atoms with Crippen LogP contribution in [0.2, 0.25) is 0 Å². The van der Waals surface area contributed by atoms with Crippen LogP contribution in [-0.2, 0) is 6.54 Å². The van der Waals surface area contributed by atoms with Crippen LogP contribution in [0.3, 0.4) is 0 Å². The van der Waals surface area contributed by atoms with Gasteiger partial charge in [0.05, 0.1) is 16.6 Å². The van der Waals surface area contributed by atoms with Crippen molar-refractivity contribution in [2.24, 2.45) is 0 Å². The van der Waals surface area contributed by atoms with Gasteiger partial charge in [0.1, 0.15) is 44.5 Å². The van der Waals surface area contributed by atoms with E-state index in [1.165, 1.54) is 70.6 Å². The highest BCUT2D eigenvalue weighted by Crippen LogP contribution is 2.40. The Morgan fingerprint density at radius 3 is 1.60 bits per heavy atom. The normalized spacial score (nSPS) is 10.8. The van der Waals surface area contributed by atoms with Gasteiger partial charge < -0.3 is 28.3 Å². The molecule has 0 saturated heterocycles. The third-order valence-electron chi connectivity index (χ3n) is 9.00. The molecule has 0 fully saturated rings. The van der Waals surface area contributed by atoms with Crippen molar-refractivity contribution in [3.8, 4) is 40.0 Å². The number of rotatable bonds is 31. The van der Waals surface area contributed by atoms with Crippen molar-refractivity contribution in [3.05, 3.63) is 104 Å². The van der Waals surface area contributed by atoms with Crippen LogP contribution in [0.15, 0.2) is 98.4 Å². The second-order valence-corrected chi connectivity index (χ2v) is 13.2. The van der Waals surface area contributed by atoms with Gasteiger partial charge in [-0.05, 0) is 24.6 Å². The first kappa shape index (κ1) is 42.8. The quantitative estimate of drug-likeness (QED) is 0.0486. The fourth-order valence-corrected chi connectivity index (χ4v) is 6.43. The average molecular weight is 726 g/mol. The topological polar surface area (TPSA) is 68.2 Å². The molecule has 2 aromatic carbocycles. The zero-order valence-corrected chi connectivity index (χ0v) is 32.3. The fourth-order valence-electron chi connectivity index (χ4n) is 6.43. The van der Waals surface area contributed by atoms with Gasteiger partial charge in [0.15, 0.2) is 17.2 Å². The lowest BCUT2D eigenvalue weighted by atomic mass is 10.0. The van der Waals surface area contributed by atoms with Crippen LogP contribution in [0, 0.1) is 0 Å². The molecule has 288 valence electrons. The van der Waals surface area contributed by atoms with Crippen molar-refractivity contribution in [2.75, 3.05) is 33.0 Å². The summed E-state index contributed by atoms with van der Waals surface area (Å²) in [5, 5.41) is 0.417. The first-order chi connectivity index (χ1) is 26.0. The largest absolute Gasteiger partial charge is 0.489 e. The molecule has 53 heavy (non-hydrogen) atoms. The Balaban J connectivity index is 2.02. The standard InChI is InChI=1S/C46H63NO6/c1-7-13-14-15-16-17-18-19-20-21-22-23-24-25-28-47-39-35-38(49-29-8-2)36-42(52-32-11-5)43(39)45(48)46(53-33-12-6)44(47)37-26-27-40(50-30-9-3)41(34-37)51-31-10-4/h8-12,26-27,34-36H,2-7,13-25,28-33H2,1H3. The van der Waals surface area contributed by atoms with Crippen LogP contribution in [0.1, 0.15) is 96.8 Å². The SMILES string of the molecule is C=CCOc1cc(OCC=C)c2c(=O)c(OCC=C)c(-c3ccc(OCC=C)c(OCC=C)c3)n(CCCCCCCCCCCCCCCC)c2c1. The Morgan fingerprint density at radius 1 is 0.547 bits per heavy atom. The summed E-state index contributed by atoms with van der Waals surface area (Å²) in [5.41, 5.74) is 1.77. The summed E-state index contributed by atoms with van der Waals surface area (Å²) >= 11 is 0. The number of aromatic nitrogens is 1. The Morgan fingerprint density at radius 2 is 1.04 bits per heavy atom. The Labute approximate surface area is 318 Å². The molecule has 3 aromatic rings. The van der Waals surface area contributed by atoms with E-state index in [-0.39, 0.29) is 31.0 Å². The molecule has 0 aliphatic rings. The van der Waals surface area contributed by atoms with Crippen molar-refractivity contribution in [1.29, 1.82) is 0 Å². The minimum Gasteiger partial charge on any atom is -0.489 e. The van der Waals surface area contributed by atoms with Crippen molar-refractivity contribution < 1.29 is 23.7 Å². The van der Waals surface area contributed by atoms with Gasteiger partial charge >= 0.3 is 0 Å². The van der Waals surface area contributed by atoms with E-state index in [0.717, 1.165) is 24.8 Å². The van der Waals surface area contributed by atoms with E-state index in [9.17, 15) is 4.79 Å². The fraction of sp³-hybridized carbons (Fsp3) is 0.457. The summed E-state index contributed by atoms with van der Waals surface area (Å²) in [4.78, 5) is 14.5. The molecule has 0 spiro atoms.